The Morgan fingerprint density at radius 1 is 0.382 bits per heavy atom. The molecule has 0 aliphatic rings. The van der Waals surface area contributed by atoms with E-state index < -0.39 is 57.8 Å². The molecule has 3 unspecified atom stereocenters. The summed E-state index contributed by atoms with van der Waals surface area (Å²) in [5.41, 5.74) is 0. The second-order valence-corrected chi connectivity index (χ2v) is 20.8. The van der Waals surface area contributed by atoms with Gasteiger partial charge in [0.15, 0.2) is 6.10 Å². The van der Waals surface area contributed by atoms with Crippen LogP contribution < -0.4 is 0 Å². The van der Waals surface area contributed by atoms with Crippen LogP contribution in [0.2, 0.25) is 0 Å². The molecular formula is C64H107O11P. The molecule has 0 heterocycles. The van der Waals surface area contributed by atoms with Crippen LogP contribution in [0.15, 0.2) is 109 Å². The van der Waals surface area contributed by atoms with E-state index in [0.717, 1.165) is 167 Å². The lowest BCUT2D eigenvalue weighted by Gasteiger charge is -2.21. The number of unbranched alkanes of at least 4 members (excludes halogenated alkanes) is 19. The van der Waals surface area contributed by atoms with E-state index in [1.807, 2.05) is 0 Å². The molecule has 0 spiro atoms. The Labute approximate surface area is 463 Å². The van der Waals surface area contributed by atoms with Gasteiger partial charge in [0, 0.05) is 19.3 Å². The van der Waals surface area contributed by atoms with Crippen LogP contribution in [-0.4, -0.2) is 66.5 Å². The summed E-state index contributed by atoms with van der Waals surface area (Å²) in [5.74, 6) is -1.51. The number of carbonyl (C=O) groups excluding carboxylic acids is 3. The maximum absolute atomic E-state index is 12.9. The van der Waals surface area contributed by atoms with Crippen molar-refractivity contribution in [1.82, 2.24) is 0 Å². The second-order valence-electron chi connectivity index (χ2n) is 19.4. The number of ether oxygens (including phenoxy) is 3. The SMILES string of the molecule is CC/C=C\C/C=C\C/C=C\C/C=C\CCCCCCCCC(=O)OCC(COP(=O)(O)OCC(CO)OC(=O)CCCCCCC/C=C\CCCC)OC(=O)CCCCCCCC/C=C\C/C=C\C/C=C\C/C=C\CC. The number of carbonyl (C=O) groups is 3. The van der Waals surface area contributed by atoms with E-state index in [4.69, 9.17) is 23.3 Å². The molecule has 2 N–H and O–H groups in total. The van der Waals surface area contributed by atoms with Gasteiger partial charge < -0.3 is 24.2 Å². The summed E-state index contributed by atoms with van der Waals surface area (Å²) in [7, 11) is -4.76. The van der Waals surface area contributed by atoms with Crippen molar-refractivity contribution in [2.24, 2.45) is 0 Å². The molecule has 0 fully saturated rings. The van der Waals surface area contributed by atoms with Crippen molar-refractivity contribution in [2.75, 3.05) is 26.4 Å². The van der Waals surface area contributed by atoms with Crippen LogP contribution in [0.25, 0.3) is 0 Å². The molecule has 0 aromatic heterocycles. The monoisotopic (exact) mass is 1080 g/mol. The summed E-state index contributed by atoms with van der Waals surface area (Å²) >= 11 is 0. The summed E-state index contributed by atoms with van der Waals surface area (Å²) < 4.78 is 39.5. The Morgan fingerprint density at radius 3 is 1.07 bits per heavy atom. The second kappa shape index (κ2) is 57.3. The van der Waals surface area contributed by atoms with E-state index in [0.29, 0.717) is 19.3 Å². The maximum Gasteiger partial charge on any atom is 0.472 e. The Hall–Kier alpha value is -3.86. The number of esters is 3. The first-order valence-corrected chi connectivity index (χ1v) is 31.3. The normalized spacial score (nSPS) is 14.1. The van der Waals surface area contributed by atoms with Gasteiger partial charge in [-0.15, -0.1) is 0 Å². The first-order chi connectivity index (χ1) is 37.2. The summed E-state index contributed by atoms with van der Waals surface area (Å²) in [6.45, 7) is 4.33. The van der Waals surface area contributed by atoms with Gasteiger partial charge in [-0.05, 0) is 116 Å². The molecule has 0 aromatic rings. The molecular weight excluding hydrogens is 976 g/mol. The number of phosphoric acid groups is 1. The van der Waals surface area contributed by atoms with Gasteiger partial charge in [-0.2, -0.15) is 0 Å². The molecule has 0 saturated heterocycles. The van der Waals surface area contributed by atoms with Crippen LogP contribution in [0, 0.1) is 0 Å². The van der Waals surface area contributed by atoms with Crippen LogP contribution >= 0.6 is 7.82 Å². The predicted octanol–water partition coefficient (Wildman–Crippen LogP) is 17.8. The molecule has 11 nitrogen and oxygen atoms in total. The Balaban J connectivity index is 4.79. The summed E-state index contributed by atoms with van der Waals surface area (Å²) in [4.78, 5) is 48.6. The Bertz CT molecular complexity index is 1690. The zero-order valence-corrected chi connectivity index (χ0v) is 48.8. The fraction of sp³-hybridized carbons (Fsp3) is 0.672. The summed E-state index contributed by atoms with van der Waals surface area (Å²) in [6.07, 6.45) is 69.0. The van der Waals surface area contributed by atoms with Gasteiger partial charge in [-0.25, -0.2) is 4.57 Å². The quantitative estimate of drug-likeness (QED) is 0.0197. The van der Waals surface area contributed by atoms with E-state index in [1.54, 1.807) is 0 Å². The number of aliphatic hydroxyl groups excluding tert-OH is 1. The molecule has 0 radical (unpaired) electrons. The van der Waals surface area contributed by atoms with Crippen molar-refractivity contribution in [3.63, 3.8) is 0 Å². The molecule has 3 atom stereocenters. The predicted molar refractivity (Wildman–Crippen MR) is 316 cm³/mol. The lowest BCUT2D eigenvalue weighted by molar-refractivity contribution is -0.161. The number of phosphoric ester groups is 1. The average molecular weight is 1080 g/mol. The first-order valence-electron chi connectivity index (χ1n) is 29.8. The van der Waals surface area contributed by atoms with Gasteiger partial charge in [-0.1, -0.05) is 214 Å². The highest BCUT2D eigenvalue weighted by atomic mass is 31.2. The highest BCUT2D eigenvalue weighted by Crippen LogP contribution is 2.43. The Morgan fingerprint density at radius 2 is 0.684 bits per heavy atom. The third-order valence-corrected chi connectivity index (χ3v) is 13.1. The zero-order valence-electron chi connectivity index (χ0n) is 47.9. The summed E-state index contributed by atoms with van der Waals surface area (Å²) in [6, 6.07) is 0. The van der Waals surface area contributed by atoms with Crippen LogP contribution in [0.5, 0.6) is 0 Å². The maximum atomic E-state index is 12.9. The minimum Gasteiger partial charge on any atom is -0.462 e. The van der Waals surface area contributed by atoms with Gasteiger partial charge in [0.25, 0.3) is 0 Å². The number of hydrogen-bond donors (Lipinski definition) is 2. The van der Waals surface area contributed by atoms with Crippen molar-refractivity contribution in [3.8, 4) is 0 Å². The number of rotatable bonds is 54. The Kier molecular flexibility index (Phi) is 54.4. The zero-order chi connectivity index (χ0) is 55.5. The average Bonchev–Trinajstić information content (AvgIpc) is 3.41. The molecule has 0 rings (SSSR count). The van der Waals surface area contributed by atoms with Gasteiger partial charge in [0.1, 0.15) is 12.7 Å². The number of hydrogen-bond acceptors (Lipinski definition) is 10. The molecule has 0 bridgehead atoms. The smallest absolute Gasteiger partial charge is 0.462 e. The largest absolute Gasteiger partial charge is 0.472 e. The minimum absolute atomic E-state index is 0.142. The highest BCUT2D eigenvalue weighted by molar-refractivity contribution is 7.47. The van der Waals surface area contributed by atoms with Crippen molar-refractivity contribution in [3.05, 3.63) is 109 Å². The van der Waals surface area contributed by atoms with E-state index in [1.165, 1.54) is 12.8 Å². The van der Waals surface area contributed by atoms with E-state index in [2.05, 4.69) is 130 Å². The fourth-order valence-electron chi connectivity index (χ4n) is 7.67. The molecule has 434 valence electrons. The summed E-state index contributed by atoms with van der Waals surface area (Å²) in [5, 5.41) is 9.80. The fourth-order valence-corrected chi connectivity index (χ4v) is 8.46. The van der Waals surface area contributed by atoms with E-state index in [9.17, 15) is 28.9 Å². The third-order valence-electron chi connectivity index (χ3n) is 12.2. The minimum atomic E-state index is -4.76. The van der Waals surface area contributed by atoms with Crippen molar-refractivity contribution in [2.45, 2.75) is 251 Å². The van der Waals surface area contributed by atoms with Crippen LogP contribution in [0.4, 0.5) is 0 Å². The van der Waals surface area contributed by atoms with Gasteiger partial charge in [0.05, 0.1) is 19.8 Å². The molecule has 0 aliphatic heterocycles. The van der Waals surface area contributed by atoms with E-state index in [-0.39, 0.29) is 25.9 Å². The van der Waals surface area contributed by atoms with Crippen molar-refractivity contribution in [1.29, 1.82) is 0 Å². The van der Waals surface area contributed by atoms with Gasteiger partial charge in [0.2, 0.25) is 0 Å². The molecule has 76 heavy (non-hydrogen) atoms. The van der Waals surface area contributed by atoms with Crippen molar-refractivity contribution >= 4 is 25.7 Å². The highest BCUT2D eigenvalue weighted by Gasteiger charge is 2.28. The molecule has 12 heteroatoms. The van der Waals surface area contributed by atoms with Crippen LogP contribution in [0.3, 0.4) is 0 Å². The van der Waals surface area contributed by atoms with Gasteiger partial charge >= 0.3 is 25.7 Å². The molecule has 0 aromatic carbocycles. The third kappa shape index (κ3) is 54.9. The lowest BCUT2D eigenvalue weighted by atomic mass is 10.1. The lowest BCUT2D eigenvalue weighted by Crippen LogP contribution is -2.30. The number of allylic oxidation sites excluding steroid dienone is 18. The number of aliphatic hydroxyl groups is 1. The topological polar surface area (TPSA) is 155 Å². The first kappa shape index (κ1) is 72.1. The van der Waals surface area contributed by atoms with Gasteiger partial charge in [-0.3, -0.25) is 23.4 Å². The van der Waals surface area contributed by atoms with Crippen molar-refractivity contribution < 1.29 is 52.2 Å². The molecule has 0 saturated carbocycles. The standard InChI is InChI=1S/C64H107O11P/c1-4-7-10-13-16-19-22-24-26-28-30-32-34-36-39-41-44-47-50-53-62(66)71-57-61(75-64(68)55-52-49-46-43-40-37-35-33-31-29-27-25-23-20-17-14-11-8-5-2)59-73-76(69,70)72-58-60(56-65)74-63(67)54-51-48-45-42-38-21-18-15-12-9-6-3/h7-8,10-11,15-20,24-27,30-33,60-61,65H,4-6,9,12-14,21-23,28-29,34-59H2,1-3H3,(H,69,70)/b10-7-,11-8-,18-15-,19-16-,20-17-,26-24-,27-25-,32-30-,33-31-. The van der Waals surface area contributed by atoms with Crippen LogP contribution in [0.1, 0.15) is 239 Å². The van der Waals surface area contributed by atoms with E-state index >= 15 is 0 Å². The van der Waals surface area contributed by atoms with Crippen LogP contribution in [-0.2, 0) is 42.2 Å². The molecule has 0 amide bonds. The molecule has 0 aliphatic carbocycles.